The summed E-state index contributed by atoms with van der Waals surface area (Å²) < 4.78 is 20.0. The molecular formula is C25H28FN5O2S. The summed E-state index contributed by atoms with van der Waals surface area (Å²) >= 11 is 1.59. The zero-order valence-electron chi connectivity index (χ0n) is 19.5. The molecular weight excluding hydrogens is 453 g/mol. The predicted molar refractivity (Wildman–Crippen MR) is 130 cm³/mol. The van der Waals surface area contributed by atoms with E-state index in [0.717, 1.165) is 42.3 Å². The Morgan fingerprint density at radius 3 is 2.71 bits per heavy atom. The molecule has 0 bridgehead atoms. The molecule has 4 heterocycles. The van der Waals surface area contributed by atoms with Crippen LogP contribution in [0.25, 0.3) is 0 Å². The standard InChI is InChI=1S/C25H28FN5O2S/c1-17-14-18(5-6-21(17)26)33-24-20-16-31(23(32)15-19-4-3-13-34-19)8-7-22(20)27-25(28-24)30-11-9-29(2)10-12-30/h3-6,13-14H,7-12,15-16H2,1-2H3. The van der Waals surface area contributed by atoms with E-state index in [1.54, 1.807) is 30.4 Å². The highest BCUT2D eigenvalue weighted by Crippen LogP contribution is 2.32. The molecule has 34 heavy (non-hydrogen) atoms. The predicted octanol–water partition coefficient (Wildman–Crippen LogP) is 3.66. The summed E-state index contributed by atoms with van der Waals surface area (Å²) in [4.78, 5) is 30.0. The van der Waals surface area contributed by atoms with Crippen molar-refractivity contribution < 1.29 is 13.9 Å². The number of aromatic nitrogens is 2. The van der Waals surface area contributed by atoms with Crippen LogP contribution in [0, 0.1) is 12.7 Å². The number of ether oxygens (including phenoxy) is 1. The molecule has 0 unspecified atom stereocenters. The zero-order valence-corrected chi connectivity index (χ0v) is 20.3. The van der Waals surface area contributed by atoms with Gasteiger partial charge in [-0.3, -0.25) is 4.79 Å². The molecule has 2 aliphatic rings. The van der Waals surface area contributed by atoms with Gasteiger partial charge in [0.05, 0.1) is 24.2 Å². The quantitative estimate of drug-likeness (QED) is 0.554. The topological polar surface area (TPSA) is 61.8 Å². The summed E-state index contributed by atoms with van der Waals surface area (Å²) in [6.45, 7) is 6.30. The van der Waals surface area contributed by atoms with Gasteiger partial charge < -0.3 is 19.4 Å². The molecule has 9 heteroatoms. The summed E-state index contributed by atoms with van der Waals surface area (Å²) in [7, 11) is 2.11. The van der Waals surface area contributed by atoms with Crippen molar-refractivity contribution in [2.45, 2.75) is 26.3 Å². The summed E-state index contributed by atoms with van der Waals surface area (Å²) in [5.41, 5.74) is 2.25. The zero-order chi connectivity index (χ0) is 23.7. The molecule has 3 aromatic rings. The van der Waals surface area contributed by atoms with E-state index in [1.807, 2.05) is 22.4 Å². The van der Waals surface area contributed by atoms with Crippen molar-refractivity contribution >= 4 is 23.2 Å². The molecule has 0 aliphatic carbocycles. The van der Waals surface area contributed by atoms with E-state index < -0.39 is 0 Å². The van der Waals surface area contributed by atoms with Crippen LogP contribution in [0.1, 0.15) is 21.7 Å². The highest BCUT2D eigenvalue weighted by atomic mass is 32.1. The Morgan fingerprint density at radius 1 is 1.15 bits per heavy atom. The van der Waals surface area contributed by atoms with Crippen LogP contribution in [-0.4, -0.2) is 65.4 Å². The Labute approximate surface area is 202 Å². The lowest BCUT2D eigenvalue weighted by molar-refractivity contribution is -0.131. The second-order valence-corrected chi connectivity index (χ2v) is 9.91. The second-order valence-electron chi connectivity index (χ2n) is 8.88. The van der Waals surface area contributed by atoms with Gasteiger partial charge in [0, 0.05) is 44.0 Å². The average molecular weight is 482 g/mol. The Balaban J connectivity index is 1.45. The first-order chi connectivity index (χ1) is 16.5. The van der Waals surface area contributed by atoms with Crippen molar-refractivity contribution in [3.8, 4) is 11.6 Å². The van der Waals surface area contributed by atoms with Crippen LogP contribution in [0.3, 0.4) is 0 Å². The van der Waals surface area contributed by atoms with E-state index in [4.69, 9.17) is 14.7 Å². The average Bonchev–Trinajstić information content (AvgIpc) is 3.34. The van der Waals surface area contributed by atoms with Gasteiger partial charge >= 0.3 is 0 Å². The van der Waals surface area contributed by atoms with Crippen LogP contribution >= 0.6 is 11.3 Å². The number of anilines is 1. The molecule has 178 valence electrons. The summed E-state index contributed by atoms with van der Waals surface area (Å²) in [6, 6.07) is 8.62. The number of hydrogen-bond donors (Lipinski definition) is 0. The van der Waals surface area contributed by atoms with Gasteiger partial charge in [0.15, 0.2) is 0 Å². The Kier molecular flexibility index (Phi) is 6.47. The van der Waals surface area contributed by atoms with Crippen molar-refractivity contribution in [3.63, 3.8) is 0 Å². The van der Waals surface area contributed by atoms with Gasteiger partial charge in [-0.15, -0.1) is 11.3 Å². The Bertz CT molecular complexity index is 1180. The van der Waals surface area contributed by atoms with Gasteiger partial charge in [-0.1, -0.05) is 6.07 Å². The number of aryl methyl sites for hydroxylation is 1. The van der Waals surface area contributed by atoms with Gasteiger partial charge in [0.1, 0.15) is 11.6 Å². The van der Waals surface area contributed by atoms with Crippen molar-refractivity contribution in [2.24, 2.45) is 0 Å². The van der Waals surface area contributed by atoms with Crippen LogP contribution in [0.4, 0.5) is 10.3 Å². The first-order valence-electron chi connectivity index (χ1n) is 11.5. The Hall–Kier alpha value is -3.04. The van der Waals surface area contributed by atoms with Gasteiger partial charge in [0.2, 0.25) is 17.7 Å². The molecule has 1 amide bonds. The first kappa shape index (κ1) is 22.7. The lowest BCUT2D eigenvalue weighted by atomic mass is 10.1. The number of hydrogen-bond acceptors (Lipinski definition) is 7. The van der Waals surface area contributed by atoms with Gasteiger partial charge in [-0.25, -0.2) is 9.37 Å². The maximum atomic E-state index is 13.8. The fourth-order valence-electron chi connectivity index (χ4n) is 4.28. The first-order valence-corrected chi connectivity index (χ1v) is 12.4. The van der Waals surface area contributed by atoms with Crippen LogP contribution < -0.4 is 9.64 Å². The number of amides is 1. The number of halogens is 1. The van der Waals surface area contributed by atoms with Crippen molar-refractivity contribution in [3.05, 3.63) is 63.2 Å². The number of piperazine rings is 1. The molecule has 1 saturated heterocycles. The molecule has 5 rings (SSSR count). The molecule has 1 aromatic carbocycles. The highest BCUT2D eigenvalue weighted by molar-refractivity contribution is 7.10. The number of fused-ring (bicyclic) bond motifs is 1. The summed E-state index contributed by atoms with van der Waals surface area (Å²) in [6.07, 6.45) is 1.04. The number of nitrogens with zero attached hydrogens (tertiary/aromatic N) is 5. The number of likely N-dealkylation sites (N-methyl/N-ethyl adjacent to an activating group) is 1. The molecule has 2 aromatic heterocycles. The van der Waals surface area contributed by atoms with Gasteiger partial charge in [-0.05, 0) is 49.2 Å². The SMILES string of the molecule is Cc1cc(Oc2nc(N3CCN(C)CC3)nc3c2CN(C(=O)Cc2cccs2)CC3)ccc1F. The van der Waals surface area contributed by atoms with E-state index in [1.165, 1.54) is 6.07 Å². The number of carbonyl (C=O) groups is 1. The summed E-state index contributed by atoms with van der Waals surface area (Å²) in [5.74, 6) is 1.42. The van der Waals surface area contributed by atoms with Crippen LogP contribution in [-0.2, 0) is 24.2 Å². The largest absolute Gasteiger partial charge is 0.438 e. The minimum absolute atomic E-state index is 0.0832. The third kappa shape index (κ3) is 4.90. The maximum Gasteiger partial charge on any atom is 0.229 e. The third-order valence-corrected chi connectivity index (χ3v) is 7.28. The minimum Gasteiger partial charge on any atom is -0.438 e. The number of benzene rings is 1. The normalized spacial score (nSPS) is 16.4. The van der Waals surface area contributed by atoms with E-state index in [9.17, 15) is 9.18 Å². The lowest BCUT2D eigenvalue weighted by Crippen LogP contribution is -2.45. The van der Waals surface area contributed by atoms with E-state index in [-0.39, 0.29) is 11.7 Å². The van der Waals surface area contributed by atoms with E-state index >= 15 is 0 Å². The summed E-state index contributed by atoms with van der Waals surface area (Å²) in [5, 5.41) is 1.98. The molecule has 1 fully saturated rings. The lowest BCUT2D eigenvalue weighted by Gasteiger charge is -2.34. The number of carbonyl (C=O) groups excluding carboxylic acids is 1. The van der Waals surface area contributed by atoms with E-state index in [2.05, 4.69) is 16.8 Å². The smallest absolute Gasteiger partial charge is 0.229 e. The minimum atomic E-state index is -0.277. The van der Waals surface area contributed by atoms with Crippen molar-refractivity contribution in [2.75, 3.05) is 44.7 Å². The fraction of sp³-hybridized carbons (Fsp3) is 0.400. The number of rotatable bonds is 5. The van der Waals surface area contributed by atoms with Crippen molar-refractivity contribution in [1.29, 1.82) is 0 Å². The van der Waals surface area contributed by atoms with Crippen molar-refractivity contribution in [1.82, 2.24) is 19.8 Å². The fourth-order valence-corrected chi connectivity index (χ4v) is 4.98. The molecule has 0 atom stereocenters. The maximum absolute atomic E-state index is 13.8. The molecule has 0 radical (unpaired) electrons. The third-order valence-electron chi connectivity index (χ3n) is 6.40. The molecule has 2 aliphatic heterocycles. The van der Waals surface area contributed by atoms with Crippen LogP contribution in [0.2, 0.25) is 0 Å². The van der Waals surface area contributed by atoms with Gasteiger partial charge in [-0.2, -0.15) is 4.98 Å². The highest BCUT2D eigenvalue weighted by Gasteiger charge is 2.28. The molecule has 0 saturated carbocycles. The second kappa shape index (κ2) is 9.68. The Morgan fingerprint density at radius 2 is 1.97 bits per heavy atom. The van der Waals surface area contributed by atoms with Crippen LogP contribution in [0.5, 0.6) is 11.6 Å². The molecule has 0 N–H and O–H groups in total. The molecule has 0 spiro atoms. The molecule has 7 nitrogen and oxygen atoms in total. The van der Waals surface area contributed by atoms with Crippen LogP contribution in [0.15, 0.2) is 35.7 Å². The van der Waals surface area contributed by atoms with Gasteiger partial charge in [0.25, 0.3) is 0 Å². The number of thiophene rings is 1. The van der Waals surface area contributed by atoms with E-state index in [0.29, 0.717) is 49.1 Å². The monoisotopic (exact) mass is 481 g/mol.